The molecule has 11 heteroatoms. The first kappa shape index (κ1) is 29.8. The van der Waals surface area contributed by atoms with Gasteiger partial charge in [-0.25, -0.2) is 0 Å². The first-order valence-corrected chi connectivity index (χ1v) is 15.0. The average molecular weight is 478 g/mol. The molecule has 0 spiro atoms. The van der Waals surface area contributed by atoms with Crippen molar-refractivity contribution in [2.24, 2.45) is 4.52 Å². The second-order valence-corrected chi connectivity index (χ2v) is 12.4. The van der Waals surface area contributed by atoms with E-state index in [1.54, 1.807) is 0 Å². The average Bonchev–Trinajstić information content (AvgIpc) is 2.76. The Labute approximate surface area is 181 Å². The van der Waals surface area contributed by atoms with Crippen LogP contribution in [0, 0.1) is 0 Å². The third kappa shape index (κ3) is 10.3. The minimum atomic E-state index is -4.16. The summed E-state index contributed by atoms with van der Waals surface area (Å²) >= 11 is 0. The molecule has 0 aromatic heterocycles. The Morgan fingerprint density at radius 3 is 1.17 bits per heavy atom. The second-order valence-electron chi connectivity index (χ2n) is 6.53. The topological polar surface area (TPSA) is 79.8 Å². The van der Waals surface area contributed by atoms with E-state index >= 15 is 0 Å². The summed E-state index contributed by atoms with van der Waals surface area (Å²) in [6.07, 6.45) is 4.81. The molecule has 0 radical (unpaired) electrons. The zero-order valence-corrected chi connectivity index (χ0v) is 22.3. The fourth-order valence-corrected chi connectivity index (χ4v) is 9.60. The predicted molar refractivity (Wildman–Crippen MR) is 127 cm³/mol. The first-order chi connectivity index (χ1) is 13.9. The van der Waals surface area contributed by atoms with Gasteiger partial charge in [0.1, 0.15) is 0 Å². The van der Waals surface area contributed by atoms with E-state index in [-0.39, 0.29) is 0 Å². The van der Waals surface area contributed by atoms with Gasteiger partial charge in [-0.05, 0) is 0 Å². The van der Waals surface area contributed by atoms with Crippen molar-refractivity contribution in [3.05, 3.63) is 0 Å². The Morgan fingerprint density at radius 2 is 0.931 bits per heavy atom. The zero-order chi connectivity index (χ0) is 22.1. The molecule has 178 valence electrons. The molecular weight excluding hydrogens is 433 g/mol. The molecule has 0 aliphatic heterocycles. The summed E-state index contributed by atoms with van der Waals surface area (Å²) in [6, 6.07) is 0. The minimum absolute atomic E-state index is 0.422. The van der Waals surface area contributed by atoms with E-state index in [1.807, 2.05) is 41.5 Å². The molecule has 1 atom stereocenters. The molecule has 0 aliphatic carbocycles. The summed E-state index contributed by atoms with van der Waals surface area (Å²) in [7, 11) is -4.82. The van der Waals surface area contributed by atoms with E-state index in [1.165, 1.54) is 0 Å². The molecule has 0 fully saturated rings. The first-order valence-electron chi connectivity index (χ1n) is 11.0. The van der Waals surface area contributed by atoms with Gasteiger partial charge >= 0.3 is 181 Å². The molecule has 0 bridgehead atoms. The fourth-order valence-electron chi connectivity index (χ4n) is 2.08. The van der Waals surface area contributed by atoms with Gasteiger partial charge in [-0.15, -0.1) is 0 Å². The number of hydrogen-bond donors (Lipinski definition) is 1. The van der Waals surface area contributed by atoms with Crippen LogP contribution in [0.4, 0.5) is 0 Å². The molecule has 0 heterocycles. The normalized spacial score (nSPS) is 14.0. The van der Waals surface area contributed by atoms with Crippen LogP contribution in [0.1, 0.15) is 80.1 Å². The maximum absolute atomic E-state index is 6.29. The molecule has 0 rings (SSSR count). The predicted octanol–water partition coefficient (Wildman–Crippen LogP) is 7.00. The summed E-state index contributed by atoms with van der Waals surface area (Å²) in [6.45, 7) is 14.9. The molecule has 0 aromatic carbocycles. The Kier molecular flexibility index (Phi) is 16.9. The Morgan fingerprint density at radius 1 is 0.621 bits per heavy atom. The Hall–Kier alpha value is 0.810. The van der Waals surface area contributed by atoms with Crippen LogP contribution in [0.3, 0.4) is 0 Å². The summed E-state index contributed by atoms with van der Waals surface area (Å²) in [4.78, 5) is 3.12. The molecule has 1 N–H and O–H groups in total. The van der Waals surface area contributed by atoms with Crippen molar-refractivity contribution in [2.75, 3.05) is 39.6 Å². The van der Waals surface area contributed by atoms with E-state index in [4.69, 9.17) is 31.7 Å². The Balaban J connectivity index is 6.60. The molecule has 0 saturated carbocycles. The van der Waals surface area contributed by atoms with Crippen LogP contribution in [0.5, 0.6) is 0 Å². The summed E-state index contributed by atoms with van der Waals surface area (Å²) in [5.74, 6) is 0. The van der Waals surface area contributed by atoms with Crippen LogP contribution >= 0.6 is 24.7 Å². The summed E-state index contributed by atoms with van der Waals surface area (Å²) in [5.41, 5.74) is 0. The van der Waals surface area contributed by atoms with E-state index in [0.29, 0.717) is 39.6 Å². The van der Waals surface area contributed by atoms with Crippen molar-refractivity contribution >= 4 is 24.7 Å². The van der Waals surface area contributed by atoms with Gasteiger partial charge < -0.3 is 0 Å². The molecule has 0 aromatic rings. The van der Waals surface area contributed by atoms with Gasteiger partial charge in [-0.3, -0.25) is 0 Å². The van der Waals surface area contributed by atoms with Crippen molar-refractivity contribution in [3.63, 3.8) is 0 Å². The van der Waals surface area contributed by atoms with E-state index < -0.39 is 15.3 Å². The molecule has 0 saturated heterocycles. The number of hydrogen-bond acceptors (Lipinski definition) is 8. The van der Waals surface area contributed by atoms with E-state index in [0.717, 1.165) is 38.5 Å². The van der Waals surface area contributed by atoms with Crippen LogP contribution in [0.2, 0.25) is 0 Å². The monoisotopic (exact) mass is 478 g/mol. The molecule has 0 amide bonds. The zero-order valence-electron chi connectivity index (χ0n) is 19.4. The van der Waals surface area contributed by atoms with Crippen LogP contribution < -0.4 is 4.86 Å². The fraction of sp³-hybridized carbons (Fsp3) is 1.00. The van der Waals surface area contributed by atoms with Crippen LogP contribution in [-0.2, 0) is 27.1 Å². The van der Waals surface area contributed by atoms with Crippen molar-refractivity contribution in [1.82, 2.24) is 4.86 Å². The van der Waals surface area contributed by atoms with Gasteiger partial charge in [0, 0.05) is 0 Å². The Bertz CT molecular complexity index is 418. The van der Waals surface area contributed by atoms with Crippen LogP contribution in [-0.4, -0.2) is 39.6 Å². The summed E-state index contributed by atoms with van der Waals surface area (Å²) < 4.78 is 42.3. The number of nitrogens with one attached hydrogen (secondary N) is 1. The third-order valence-corrected chi connectivity index (χ3v) is 10.7. The summed E-state index contributed by atoms with van der Waals surface area (Å²) in [5, 5.41) is 0. The van der Waals surface area contributed by atoms with Crippen molar-refractivity contribution in [3.8, 4) is 0 Å². The van der Waals surface area contributed by atoms with E-state index in [9.17, 15) is 0 Å². The molecule has 29 heavy (non-hydrogen) atoms. The van der Waals surface area contributed by atoms with Gasteiger partial charge in [0.05, 0.1) is 0 Å². The van der Waals surface area contributed by atoms with Gasteiger partial charge in [-0.2, -0.15) is 0 Å². The van der Waals surface area contributed by atoms with Crippen molar-refractivity contribution < 1.29 is 27.1 Å². The van der Waals surface area contributed by atoms with Crippen molar-refractivity contribution in [2.45, 2.75) is 80.1 Å². The third-order valence-electron chi connectivity index (χ3n) is 3.42. The molecular formula is C18H45N2O6P3. The quantitative estimate of drug-likeness (QED) is 0.189. The molecule has 8 nitrogen and oxygen atoms in total. The maximum atomic E-state index is 6.29. The van der Waals surface area contributed by atoms with Crippen molar-refractivity contribution in [1.29, 1.82) is 0 Å². The number of nitrogens with zero attached hydrogens (tertiary/aromatic N) is 1. The number of rotatable bonds is 20. The van der Waals surface area contributed by atoms with Gasteiger partial charge in [0.15, 0.2) is 0 Å². The molecule has 0 aliphatic rings. The van der Waals surface area contributed by atoms with Gasteiger partial charge in [0.25, 0.3) is 0 Å². The van der Waals surface area contributed by atoms with Crippen LogP contribution in [0.15, 0.2) is 4.52 Å². The standard InChI is InChI=1S/C18H45N2O6P3/c1-7-13-21-28(22-14-8-2,23-15-9-3)20-29(19-27,24-16-10-4,25-17-11-5)26-18-12-6/h19H,7-18,27H2,1-6H3. The SMILES string of the molecule is CCCOP(=NP(NP)(OCCC)(OCCC)OCCC)(OCCC)OCCC. The second kappa shape index (κ2) is 16.4. The molecule has 1 unspecified atom stereocenters. The van der Waals surface area contributed by atoms with Crippen LogP contribution in [0.25, 0.3) is 0 Å². The van der Waals surface area contributed by atoms with E-state index in [2.05, 4.69) is 14.2 Å². The van der Waals surface area contributed by atoms with Gasteiger partial charge in [0.2, 0.25) is 0 Å². The van der Waals surface area contributed by atoms with Gasteiger partial charge in [-0.1, -0.05) is 0 Å².